The van der Waals surface area contributed by atoms with Crippen LogP contribution in [-0.2, 0) is 9.53 Å². The maximum absolute atomic E-state index is 13.3. The van der Waals surface area contributed by atoms with E-state index in [1.807, 2.05) is 0 Å². The predicted molar refractivity (Wildman–Crippen MR) is 109 cm³/mol. The Balaban J connectivity index is 1.58. The second kappa shape index (κ2) is 8.63. The Bertz CT molecular complexity index is 1000. The molecule has 3 atom stereocenters. The first-order valence-corrected chi connectivity index (χ1v) is 9.76. The lowest BCUT2D eigenvalue weighted by Gasteiger charge is -2.36. The first-order valence-electron chi connectivity index (χ1n) is 9.76. The van der Waals surface area contributed by atoms with E-state index < -0.39 is 12.0 Å². The number of rotatable bonds is 4. The van der Waals surface area contributed by atoms with E-state index in [0.717, 1.165) is 11.1 Å². The van der Waals surface area contributed by atoms with Gasteiger partial charge in [0.1, 0.15) is 17.4 Å². The number of carbonyl (C=O) groups excluding carboxylic acids is 1. The number of aromatic hydroxyl groups is 1. The summed E-state index contributed by atoms with van der Waals surface area (Å²) < 4.78 is 32.7. The third-order valence-electron chi connectivity index (χ3n) is 5.33. The van der Waals surface area contributed by atoms with Gasteiger partial charge in [0.2, 0.25) is 5.91 Å². The number of amides is 1. The summed E-state index contributed by atoms with van der Waals surface area (Å²) in [5.41, 5.74) is 2.11. The normalized spacial score (nSPS) is 21.2. The van der Waals surface area contributed by atoms with Crippen LogP contribution < -0.4 is 5.32 Å². The zero-order valence-electron chi connectivity index (χ0n) is 16.1. The Morgan fingerprint density at radius 1 is 0.833 bits per heavy atom. The lowest BCUT2D eigenvalue weighted by atomic mass is 9.85. The zero-order valence-corrected chi connectivity index (χ0v) is 16.1. The van der Waals surface area contributed by atoms with Crippen LogP contribution in [0, 0.1) is 17.6 Å². The number of ether oxygens (including phenoxy) is 1. The highest BCUT2D eigenvalue weighted by molar-refractivity contribution is 5.93. The van der Waals surface area contributed by atoms with Gasteiger partial charge in [0, 0.05) is 5.69 Å². The van der Waals surface area contributed by atoms with Crippen molar-refractivity contribution in [2.24, 2.45) is 5.92 Å². The Labute approximate surface area is 173 Å². The summed E-state index contributed by atoms with van der Waals surface area (Å²) in [6, 6.07) is 18.3. The standard InChI is InChI=1S/C24H21F2NO3/c25-17-5-1-15(2-6-17)22-14-13-21(23(30-22)16-3-11-20(28)12-4-16)24(29)27-19-9-7-18(26)8-10-19/h1-12,21-23,28H,13-14H2,(H,27,29). The van der Waals surface area contributed by atoms with Gasteiger partial charge in [-0.2, -0.15) is 0 Å². The van der Waals surface area contributed by atoms with E-state index >= 15 is 0 Å². The van der Waals surface area contributed by atoms with Gasteiger partial charge in [-0.05, 0) is 72.5 Å². The van der Waals surface area contributed by atoms with Gasteiger partial charge in [-0.15, -0.1) is 0 Å². The van der Waals surface area contributed by atoms with Crippen LogP contribution in [0.4, 0.5) is 14.5 Å². The summed E-state index contributed by atoms with van der Waals surface area (Å²) >= 11 is 0. The van der Waals surface area contributed by atoms with Crippen molar-refractivity contribution in [1.82, 2.24) is 0 Å². The molecule has 1 heterocycles. The molecule has 3 unspecified atom stereocenters. The van der Waals surface area contributed by atoms with Gasteiger partial charge in [0.05, 0.1) is 18.1 Å². The molecule has 1 aliphatic rings. The van der Waals surface area contributed by atoms with E-state index in [0.29, 0.717) is 18.5 Å². The van der Waals surface area contributed by atoms with Crippen molar-refractivity contribution in [3.05, 3.63) is 95.6 Å². The molecular weight excluding hydrogens is 388 g/mol. The number of phenols is 1. The van der Waals surface area contributed by atoms with E-state index in [1.165, 1.54) is 36.4 Å². The number of hydrogen-bond acceptors (Lipinski definition) is 3. The fraction of sp³-hybridized carbons (Fsp3) is 0.208. The smallest absolute Gasteiger partial charge is 0.230 e. The molecule has 1 fully saturated rings. The van der Waals surface area contributed by atoms with Crippen molar-refractivity contribution < 1.29 is 23.4 Å². The van der Waals surface area contributed by atoms with Gasteiger partial charge >= 0.3 is 0 Å². The SMILES string of the molecule is O=C(Nc1ccc(F)cc1)C1CCC(c2ccc(F)cc2)OC1c1ccc(O)cc1. The molecule has 0 aliphatic carbocycles. The fourth-order valence-electron chi connectivity index (χ4n) is 3.76. The number of carbonyl (C=O) groups is 1. The number of halogens is 2. The monoisotopic (exact) mass is 409 g/mol. The van der Waals surface area contributed by atoms with Gasteiger partial charge in [-0.25, -0.2) is 8.78 Å². The van der Waals surface area contributed by atoms with Crippen molar-refractivity contribution in [2.75, 3.05) is 5.32 Å². The van der Waals surface area contributed by atoms with Crippen LogP contribution in [0.1, 0.15) is 36.2 Å². The summed E-state index contributed by atoms with van der Waals surface area (Å²) in [6.07, 6.45) is 0.330. The van der Waals surface area contributed by atoms with E-state index in [9.17, 15) is 18.7 Å². The predicted octanol–water partition coefficient (Wildman–Crippen LogP) is 5.52. The van der Waals surface area contributed by atoms with Crippen LogP contribution in [0.5, 0.6) is 5.75 Å². The summed E-state index contributed by atoms with van der Waals surface area (Å²) in [6.45, 7) is 0. The highest BCUT2D eigenvalue weighted by atomic mass is 19.1. The molecule has 2 N–H and O–H groups in total. The Kier molecular flexibility index (Phi) is 5.77. The summed E-state index contributed by atoms with van der Waals surface area (Å²) in [4.78, 5) is 13.0. The minimum absolute atomic E-state index is 0.122. The van der Waals surface area contributed by atoms with Crippen LogP contribution >= 0.6 is 0 Å². The van der Waals surface area contributed by atoms with Crippen LogP contribution in [0.15, 0.2) is 72.8 Å². The minimum Gasteiger partial charge on any atom is -0.508 e. The highest BCUT2D eigenvalue weighted by Gasteiger charge is 2.37. The molecule has 0 radical (unpaired) electrons. The molecule has 4 nitrogen and oxygen atoms in total. The zero-order chi connectivity index (χ0) is 21.1. The van der Waals surface area contributed by atoms with Crippen LogP contribution in [0.3, 0.4) is 0 Å². The van der Waals surface area contributed by atoms with Crippen molar-refractivity contribution in [1.29, 1.82) is 0 Å². The molecule has 154 valence electrons. The molecule has 6 heteroatoms. The molecule has 0 saturated carbocycles. The summed E-state index contributed by atoms with van der Waals surface area (Å²) in [7, 11) is 0. The maximum atomic E-state index is 13.3. The van der Waals surface area contributed by atoms with E-state index in [4.69, 9.17) is 4.74 Å². The molecule has 1 amide bonds. The molecule has 0 bridgehead atoms. The first-order chi connectivity index (χ1) is 14.5. The molecule has 3 aromatic carbocycles. The molecule has 0 spiro atoms. The summed E-state index contributed by atoms with van der Waals surface area (Å²) in [5.74, 6) is -1.27. The van der Waals surface area contributed by atoms with Crippen LogP contribution in [0.25, 0.3) is 0 Å². The third kappa shape index (κ3) is 4.49. The molecular formula is C24H21F2NO3. The Morgan fingerprint density at radius 3 is 2.03 bits per heavy atom. The second-order valence-corrected chi connectivity index (χ2v) is 7.37. The molecule has 1 aliphatic heterocycles. The second-order valence-electron chi connectivity index (χ2n) is 7.37. The molecule has 4 rings (SSSR count). The van der Waals surface area contributed by atoms with Crippen LogP contribution in [0.2, 0.25) is 0 Å². The van der Waals surface area contributed by atoms with Gasteiger partial charge in [-0.1, -0.05) is 24.3 Å². The van der Waals surface area contributed by atoms with E-state index in [1.54, 1.807) is 36.4 Å². The van der Waals surface area contributed by atoms with Gasteiger partial charge < -0.3 is 15.2 Å². The number of benzene rings is 3. The quantitative estimate of drug-likeness (QED) is 0.597. The maximum Gasteiger partial charge on any atom is 0.230 e. The first kappa shape index (κ1) is 20.0. The van der Waals surface area contributed by atoms with Gasteiger partial charge in [0.15, 0.2) is 0 Å². The molecule has 30 heavy (non-hydrogen) atoms. The van der Waals surface area contributed by atoms with Gasteiger partial charge in [-0.3, -0.25) is 4.79 Å². The number of anilines is 1. The lowest BCUT2D eigenvalue weighted by molar-refractivity contribution is -0.137. The Morgan fingerprint density at radius 2 is 1.40 bits per heavy atom. The van der Waals surface area contributed by atoms with Gasteiger partial charge in [0.25, 0.3) is 0 Å². The third-order valence-corrected chi connectivity index (χ3v) is 5.33. The average Bonchev–Trinajstić information content (AvgIpc) is 2.76. The lowest BCUT2D eigenvalue weighted by Crippen LogP contribution is -2.34. The van der Waals surface area contributed by atoms with Crippen molar-refractivity contribution >= 4 is 11.6 Å². The average molecular weight is 409 g/mol. The number of phenolic OH excluding ortho intramolecular Hbond substituents is 1. The fourth-order valence-corrected chi connectivity index (χ4v) is 3.76. The molecule has 3 aromatic rings. The number of hydrogen-bond donors (Lipinski definition) is 2. The molecule has 0 aromatic heterocycles. The van der Waals surface area contributed by atoms with Crippen LogP contribution in [-0.4, -0.2) is 11.0 Å². The van der Waals surface area contributed by atoms with E-state index in [-0.39, 0.29) is 29.4 Å². The minimum atomic E-state index is -0.546. The summed E-state index contributed by atoms with van der Waals surface area (Å²) in [5, 5.41) is 12.4. The highest BCUT2D eigenvalue weighted by Crippen LogP contribution is 2.43. The van der Waals surface area contributed by atoms with E-state index in [2.05, 4.69) is 5.32 Å². The van der Waals surface area contributed by atoms with Crippen molar-refractivity contribution in [3.63, 3.8) is 0 Å². The topological polar surface area (TPSA) is 58.6 Å². The van der Waals surface area contributed by atoms with Crippen molar-refractivity contribution in [2.45, 2.75) is 25.0 Å². The Hall–Kier alpha value is -3.25. The molecule has 1 saturated heterocycles. The number of nitrogens with one attached hydrogen (secondary N) is 1. The largest absolute Gasteiger partial charge is 0.508 e. The van der Waals surface area contributed by atoms with Crippen molar-refractivity contribution in [3.8, 4) is 5.75 Å².